The molecule has 3 nitrogen and oxygen atoms in total. The van der Waals surface area contributed by atoms with E-state index in [9.17, 15) is 4.79 Å². The summed E-state index contributed by atoms with van der Waals surface area (Å²) in [6.07, 6.45) is 2.26. The second-order valence-corrected chi connectivity index (χ2v) is 4.71. The second-order valence-electron chi connectivity index (χ2n) is 4.71. The van der Waals surface area contributed by atoms with Crippen LogP contribution in [-0.4, -0.2) is 29.4 Å². The van der Waals surface area contributed by atoms with Crippen LogP contribution in [-0.2, 0) is 4.79 Å². The maximum Gasteiger partial charge on any atom is 0.225 e. The standard InChI is InChI=1S/C10H18N2O/c1-6(2)10(13)12-5-7-3-8(11)9(12)4-7/h6-9H,3-5,11H2,1-2H3. The average molecular weight is 182 g/mol. The molecule has 74 valence electrons. The molecule has 3 unspecified atom stereocenters. The topological polar surface area (TPSA) is 46.3 Å². The zero-order chi connectivity index (χ0) is 9.59. The van der Waals surface area contributed by atoms with Crippen molar-refractivity contribution in [3.05, 3.63) is 0 Å². The van der Waals surface area contributed by atoms with E-state index in [0.717, 1.165) is 19.4 Å². The van der Waals surface area contributed by atoms with Crippen molar-refractivity contribution in [1.29, 1.82) is 0 Å². The van der Waals surface area contributed by atoms with Crippen molar-refractivity contribution in [2.45, 2.75) is 38.8 Å². The van der Waals surface area contributed by atoms with E-state index in [1.54, 1.807) is 0 Å². The molecule has 2 fully saturated rings. The Morgan fingerprint density at radius 2 is 2.15 bits per heavy atom. The maximum atomic E-state index is 11.8. The highest BCUT2D eigenvalue weighted by atomic mass is 16.2. The highest BCUT2D eigenvalue weighted by Gasteiger charge is 2.45. The SMILES string of the molecule is CC(C)C(=O)N1CC2CC(N)C1C2. The van der Waals surface area contributed by atoms with Crippen molar-refractivity contribution in [2.24, 2.45) is 17.6 Å². The fourth-order valence-electron chi connectivity index (χ4n) is 2.66. The third-order valence-electron chi connectivity index (χ3n) is 3.31. The molecule has 2 rings (SSSR count). The van der Waals surface area contributed by atoms with Crippen LogP contribution in [0, 0.1) is 11.8 Å². The van der Waals surface area contributed by atoms with E-state index in [-0.39, 0.29) is 17.9 Å². The molecule has 1 aliphatic heterocycles. The fraction of sp³-hybridized carbons (Fsp3) is 0.900. The van der Waals surface area contributed by atoms with Crippen LogP contribution in [0.15, 0.2) is 0 Å². The number of rotatable bonds is 1. The molecule has 0 aromatic carbocycles. The smallest absolute Gasteiger partial charge is 0.225 e. The van der Waals surface area contributed by atoms with Crippen LogP contribution >= 0.6 is 0 Å². The first kappa shape index (κ1) is 9.00. The molecule has 3 heteroatoms. The summed E-state index contributed by atoms with van der Waals surface area (Å²) in [5.41, 5.74) is 5.95. The predicted octanol–water partition coefficient (Wildman–Crippen LogP) is 0.591. The van der Waals surface area contributed by atoms with Gasteiger partial charge in [-0.25, -0.2) is 0 Å². The van der Waals surface area contributed by atoms with E-state index in [1.807, 2.05) is 18.7 Å². The van der Waals surface area contributed by atoms with Crippen LogP contribution in [0.5, 0.6) is 0 Å². The Morgan fingerprint density at radius 3 is 2.62 bits per heavy atom. The minimum Gasteiger partial charge on any atom is -0.338 e. The number of fused-ring (bicyclic) bond motifs is 2. The summed E-state index contributed by atoms with van der Waals surface area (Å²) in [4.78, 5) is 13.8. The Balaban J connectivity index is 2.07. The van der Waals surface area contributed by atoms with Gasteiger partial charge in [0.1, 0.15) is 0 Å². The lowest BCUT2D eigenvalue weighted by atomic mass is 10.0. The van der Waals surface area contributed by atoms with Gasteiger partial charge in [0.25, 0.3) is 0 Å². The molecular formula is C10H18N2O. The summed E-state index contributed by atoms with van der Waals surface area (Å²) in [6, 6.07) is 0.585. The van der Waals surface area contributed by atoms with E-state index < -0.39 is 0 Å². The quantitative estimate of drug-likeness (QED) is 0.645. The van der Waals surface area contributed by atoms with E-state index >= 15 is 0 Å². The predicted molar refractivity (Wildman–Crippen MR) is 51.0 cm³/mol. The van der Waals surface area contributed by atoms with E-state index in [0.29, 0.717) is 12.0 Å². The number of carbonyl (C=O) groups is 1. The highest BCUT2D eigenvalue weighted by molar-refractivity contribution is 5.79. The Morgan fingerprint density at radius 1 is 1.46 bits per heavy atom. The minimum atomic E-state index is 0.117. The summed E-state index contributed by atoms with van der Waals surface area (Å²) in [6.45, 7) is 4.87. The van der Waals surface area contributed by atoms with Gasteiger partial charge in [0, 0.05) is 24.5 Å². The summed E-state index contributed by atoms with van der Waals surface area (Å²) >= 11 is 0. The molecule has 1 heterocycles. The van der Waals surface area contributed by atoms with Gasteiger partial charge in [0.15, 0.2) is 0 Å². The van der Waals surface area contributed by atoms with Crippen LogP contribution < -0.4 is 5.73 Å². The number of amides is 1. The Labute approximate surface area is 79.3 Å². The summed E-state index contributed by atoms with van der Waals surface area (Å²) < 4.78 is 0. The number of hydrogen-bond donors (Lipinski definition) is 1. The molecule has 3 atom stereocenters. The molecule has 2 bridgehead atoms. The molecule has 1 amide bonds. The molecule has 2 aliphatic rings. The third-order valence-corrected chi connectivity index (χ3v) is 3.31. The van der Waals surface area contributed by atoms with Crippen molar-refractivity contribution in [3.8, 4) is 0 Å². The van der Waals surface area contributed by atoms with Gasteiger partial charge in [-0.15, -0.1) is 0 Å². The number of piperidine rings is 1. The van der Waals surface area contributed by atoms with Crippen LogP contribution in [0.4, 0.5) is 0 Å². The van der Waals surface area contributed by atoms with Gasteiger partial charge in [0.05, 0.1) is 0 Å². The fourth-order valence-corrected chi connectivity index (χ4v) is 2.66. The van der Waals surface area contributed by atoms with Crippen LogP contribution in [0.3, 0.4) is 0 Å². The lowest BCUT2D eigenvalue weighted by Gasteiger charge is -2.32. The number of hydrogen-bond acceptors (Lipinski definition) is 2. The van der Waals surface area contributed by atoms with E-state index in [4.69, 9.17) is 5.73 Å². The summed E-state index contributed by atoms with van der Waals surface area (Å²) in [5, 5.41) is 0. The van der Waals surface area contributed by atoms with Crippen molar-refractivity contribution >= 4 is 5.91 Å². The molecule has 2 N–H and O–H groups in total. The molecule has 0 aromatic heterocycles. The van der Waals surface area contributed by atoms with Crippen LogP contribution in [0.1, 0.15) is 26.7 Å². The lowest BCUT2D eigenvalue weighted by Crippen LogP contribution is -2.49. The van der Waals surface area contributed by atoms with Crippen molar-refractivity contribution in [1.82, 2.24) is 4.90 Å². The minimum absolute atomic E-state index is 0.117. The highest BCUT2D eigenvalue weighted by Crippen LogP contribution is 2.37. The van der Waals surface area contributed by atoms with Gasteiger partial charge < -0.3 is 10.6 Å². The molecule has 0 spiro atoms. The molecular weight excluding hydrogens is 164 g/mol. The van der Waals surface area contributed by atoms with Gasteiger partial charge >= 0.3 is 0 Å². The first-order valence-electron chi connectivity index (χ1n) is 5.15. The van der Waals surface area contributed by atoms with Gasteiger partial charge in [0.2, 0.25) is 5.91 Å². The lowest BCUT2D eigenvalue weighted by molar-refractivity contribution is -0.136. The summed E-state index contributed by atoms with van der Waals surface area (Å²) in [5.74, 6) is 1.08. The van der Waals surface area contributed by atoms with Crippen molar-refractivity contribution < 1.29 is 4.79 Å². The molecule has 1 aliphatic carbocycles. The number of nitrogens with zero attached hydrogens (tertiary/aromatic N) is 1. The average Bonchev–Trinajstić information content (AvgIpc) is 2.60. The zero-order valence-electron chi connectivity index (χ0n) is 8.36. The monoisotopic (exact) mass is 182 g/mol. The Bertz CT molecular complexity index is 227. The summed E-state index contributed by atoms with van der Waals surface area (Å²) in [7, 11) is 0. The molecule has 0 aromatic rings. The maximum absolute atomic E-state index is 11.8. The number of nitrogens with two attached hydrogens (primary N) is 1. The Kier molecular flexibility index (Phi) is 2.06. The van der Waals surface area contributed by atoms with Gasteiger partial charge in [-0.05, 0) is 18.8 Å². The van der Waals surface area contributed by atoms with Gasteiger partial charge in [-0.3, -0.25) is 4.79 Å². The third kappa shape index (κ3) is 1.35. The van der Waals surface area contributed by atoms with Crippen molar-refractivity contribution in [3.63, 3.8) is 0 Å². The zero-order valence-corrected chi connectivity index (χ0v) is 8.36. The number of carbonyl (C=O) groups excluding carboxylic acids is 1. The second kappa shape index (κ2) is 2.98. The van der Waals surface area contributed by atoms with Gasteiger partial charge in [-0.1, -0.05) is 13.8 Å². The molecule has 1 saturated heterocycles. The Hall–Kier alpha value is -0.570. The van der Waals surface area contributed by atoms with Crippen LogP contribution in [0.25, 0.3) is 0 Å². The van der Waals surface area contributed by atoms with Gasteiger partial charge in [-0.2, -0.15) is 0 Å². The van der Waals surface area contributed by atoms with Crippen LogP contribution in [0.2, 0.25) is 0 Å². The van der Waals surface area contributed by atoms with E-state index in [1.165, 1.54) is 0 Å². The first-order chi connectivity index (χ1) is 6.09. The normalized spacial score (nSPS) is 37.5. The molecule has 13 heavy (non-hydrogen) atoms. The largest absolute Gasteiger partial charge is 0.338 e. The molecule has 0 radical (unpaired) electrons. The number of likely N-dealkylation sites (tertiary alicyclic amines) is 1. The molecule has 1 saturated carbocycles. The first-order valence-corrected chi connectivity index (χ1v) is 5.15. The van der Waals surface area contributed by atoms with E-state index in [2.05, 4.69) is 0 Å². The van der Waals surface area contributed by atoms with Crippen molar-refractivity contribution in [2.75, 3.05) is 6.54 Å².